The van der Waals surface area contributed by atoms with Gasteiger partial charge in [-0.05, 0) is 45.3 Å². The normalized spacial score (nSPS) is 15.9. The van der Waals surface area contributed by atoms with Crippen LogP contribution in [0.25, 0.3) is 0 Å². The third-order valence-corrected chi connectivity index (χ3v) is 3.19. The van der Waals surface area contributed by atoms with Gasteiger partial charge in [-0.3, -0.25) is 4.90 Å². The van der Waals surface area contributed by atoms with Crippen molar-refractivity contribution in [2.75, 3.05) is 39.9 Å². The molecule has 0 atom stereocenters. The van der Waals surface area contributed by atoms with Gasteiger partial charge in [0.05, 0.1) is 6.61 Å². The highest BCUT2D eigenvalue weighted by molar-refractivity contribution is 4.84. The molecule has 0 amide bonds. The first-order valence-corrected chi connectivity index (χ1v) is 6.82. The fraction of sp³-hybridized carbons (Fsp3) is 1.00. The average molecular weight is 228 g/mol. The van der Waals surface area contributed by atoms with Crippen LogP contribution < -0.4 is 5.32 Å². The summed E-state index contributed by atoms with van der Waals surface area (Å²) in [6, 6.07) is 0.879. The van der Waals surface area contributed by atoms with E-state index in [0.29, 0.717) is 0 Å². The lowest BCUT2D eigenvalue weighted by atomic mass is 10.2. The van der Waals surface area contributed by atoms with E-state index in [9.17, 15) is 0 Å². The summed E-state index contributed by atoms with van der Waals surface area (Å²) >= 11 is 0. The van der Waals surface area contributed by atoms with Crippen molar-refractivity contribution in [1.82, 2.24) is 10.2 Å². The second-order valence-corrected chi connectivity index (χ2v) is 4.67. The Balaban J connectivity index is 1.95. The van der Waals surface area contributed by atoms with Crippen LogP contribution in [-0.2, 0) is 4.74 Å². The van der Waals surface area contributed by atoms with E-state index in [-0.39, 0.29) is 0 Å². The molecule has 1 aliphatic carbocycles. The maximum atomic E-state index is 5.16. The Morgan fingerprint density at radius 2 is 2.00 bits per heavy atom. The highest BCUT2D eigenvalue weighted by atomic mass is 16.5. The van der Waals surface area contributed by atoms with Crippen LogP contribution >= 0.6 is 0 Å². The van der Waals surface area contributed by atoms with Crippen LogP contribution in [0.5, 0.6) is 0 Å². The van der Waals surface area contributed by atoms with E-state index in [4.69, 9.17) is 4.74 Å². The van der Waals surface area contributed by atoms with E-state index < -0.39 is 0 Å². The quantitative estimate of drug-likeness (QED) is 0.546. The first-order chi connectivity index (χ1) is 7.88. The van der Waals surface area contributed by atoms with Crippen LogP contribution in [-0.4, -0.2) is 50.8 Å². The molecule has 0 saturated heterocycles. The van der Waals surface area contributed by atoms with Crippen LogP contribution in [0.15, 0.2) is 0 Å². The summed E-state index contributed by atoms with van der Waals surface area (Å²) in [5.41, 5.74) is 0. The smallest absolute Gasteiger partial charge is 0.0589 e. The molecule has 0 heterocycles. The molecule has 0 aromatic heterocycles. The molecular weight excluding hydrogens is 200 g/mol. The van der Waals surface area contributed by atoms with Gasteiger partial charge in [0.1, 0.15) is 0 Å². The van der Waals surface area contributed by atoms with Gasteiger partial charge >= 0.3 is 0 Å². The Morgan fingerprint density at radius 3 is 2.62 bits per heavy atom. The van der Waals surface area contributed by atoms with Crippen molar-refractivity contribution in [3.05, 3.63) is 0 Å². The number of hydrogen-bond acceptors (Lipinski definition) is 3. The fourth-order valence-electron chi connectivity index (χ4n) is 2.04. The highest BCUT2D eigenvalue weighted by Gasteiger charge is 2.27. The molecule has 1 aliphatic rings. The van der Waals surface area contributed by atoms with Gasteiger partial charge in [-0.2, -0.15) is 0 Å². The molecule has 0 aromatic carbocycles. The second kappa shape index (κ2) is 8.97. The zero-order chi connectivity index (χ0) is 11.6. The van der Waals surface area contributed by atoms with Crippen LogP contribution in [0.4, 0.5) is 0 Å². The van der Waals surface area contributed by atoms with Crippen LogP contribution in [0, 0.1) is 0 Å². The Bertz CT molecular complexity index is 160. The maximum Gasteiger partial charge on any atom is 0.0589 e. The number of hydrogen-bond donors (Lipinski definition) is 1. The number of rotatable bonds is 11. The molecule has 3 nitrogen and oxygen atoms in total. The number of unbranched alkanes of at least 4 members (excludes halogenated alkanes) is 2. The molecule has 1 fully saturated rings. The largest absolute Gasteiger partial charge is 0.383 e. The molecule has 1 N–H and O–H groups in total. The lowest BCUT2D eigenvalue weighted by Gasteiger charge is -2.21. The Hall–Kier alpha value is -0.120. The van der Waals surface area contributed by atoms with Gasteiger partial charge in [0, 0.05) is 19.7 Å². The molecule has 0 spiro atoms. The zero-order valence-corrected chi connectivity index (χ0v) is 11.0. The predicted molar refractivity (Wildman–Crippen MR) is 68.9 cm³/mol. The van der Waals surface area contributed by atoms with Gasteiger partial charge in [0.25, 0.3) is 0 Å². The van der Waals surface area contributed by atoms with E-state index in [1.54, 1.807) is 7.11 Å². The van der Waals surface area contributed by atoms with Gasteiger partial charge in [0.2, 0.25) is 0 Å². The molecule has 0 aromatic rings. The lowest BCUT2D eigenvalue weighted by Crippen LogP contribution is -2.30. The van der Waals surface area contributed by atoms with Crippen LogP contribution in [0.1, 0.15) is 39.0 Å². The minimum atomic E-state index is 0.879. The monoisotopic (exact) mass is 228 g/mol. The van der Waals surface area contributed by atoms with Gasteiger partial charge in [-0.15, -0.1) is 0 Å². The number of methoxy groups -OCH3 is 1. The van der Waals surface area contributed by atoms with E-state index >= 15 is 0 Å². The third kappa shape index (κ3) is 6.46. The standard InChI is InChI=1S/C13H28N2O/c1-3-14-9-5-4-6-10-15(11-12-16-2)13-7-8-13/h13-14H,3-12H2,1-2H3. The lowest BCUT2D eigenvalue weighted by molar-refractivity contribution is 0.142. The Labute approximate surface area is 101 Å². The molecule has 0 radical (unpaired) electrons. The molecule has 1 saturated carbocycles. The number of nitrogens with zero attached hydrogens (tertiary/aromatic N) is 1. The van der Waals surface area contributed by atoms with Crippen LogP contribution in [0.2, 0.25) is 0 Å². The van der Waals surface area contributed by atoms with Crippen molar-refractivity contribution in [3.8, 4) is 0 Å². The second-order valence-electron chi connectivity index (χ2n) is 4.67. The van der Waals surface area contributed by atoms with E-state index in [1.165, 1.54) is 45.2 Å². The zero-order valence-electron chi connectivity index (χ0n) is 11.0. The van der Waals surface area contributed by atoms with Crippen molar-refractivity contribution >= 4 is 0 Å². The minimum Gasteiger partial charge on any atom is -0.383 e. The molecule has 0 bridgehead atoms. The summed E-state index contributed by atoms with van der Waals surface area (Å²) in [4.78, 5) is 2.61. The SMILES string of the molecule is CCNCCCCCN(CCOC)C1CC1. The molecule has 0 aliphatic heterocycles. The van der Waals surface area contributed by atoms with Crippen molar-refractivity contribution < 1.29 is 4.74 Å². The average Bonchev–Trinajstić information content (AvgIpc) is 3.11. The van der Waals surface area contributed by atoms with E-state index in [2.05, 4.69) is 17.1 Å². The Morgan fingerprint density at radius 1 is 1.19 bits per heavy atom. The molecule has 3 heteroatoms. The summed E-state index contributed by atoms with van der Waals surface area (Å²) in [6.45, 7) is 7.71. The molecular formula is C13H28N2O. The number of nitrogens with one attached hydrogen (secondary N) is 1. The van der Waals surface area contributed by atoms with Gasteiger partial charge < -0.3 is 10.1 Å². The summed E-state index contributed by atoms with van der Waals surface area (Å²) in [6.07, 6.45) is 6.81. The maximum absolute atomic E-state index is 5.16. The number of ether oxygens (including phenoxy) is 1. The van der Waals surface area contributed by atoms with Crippen molar-refractivity contribution in [2.45, 2.75) is 45.1 Å². The fourth-order valence-corrected chi connectivity index (χ4v) is 2.04. The van der Waals surface area contributed by atoms with Crippen LogP contribution in [0.3, 0.4) is 0 Å². The van der Waals surface area contributed by atoms with Crippen molar-refractivity contribution in [2.24, 2.45) is 0 Å². The summed E-state index contributed by atoms with van der Waals surface area (Å²) in [7, 11) is 1.79. The molecule has 1 rings (SSSR count). The van der Waals surface area contributed by atoms with E-state index in [1.807, 2.05) is 0 Å². The van der Waals surface area contributed by atoms with Gasteiger partial charge in [0.15, 0.2) is 0 Å². The first-order valence-electron chi connectivity index (χ1n) is 6.82. The molecule has 0 unspecified atom stereocenters. The van der Waals surface area contributed by atoms with E-state index in [0.717, 1.165) is 25.7 Å². The van der Waals surface area contributed by atoms with Crippen molar-refractivity contribution in [1.29, 1.82) is 0 Å². The topological polar surface area (TPSA) is 24.5 Å². The minimum absolute atomic E-state index is 0.879. The summed E-state index contributed by atoms with van der Waals surface area (Å²) < 4.78 is 5.16. The Kier molecular flexibility index (Phi) is 7.81. The highest BCUT2D eigenvalue weighted by Crippen LogP contribution is 2.26. The molecule has 16 heavy (non-hydrogen) atoms. The summed E-state index contributed by atoms with van der Waals surface area (Å²) in [5, 5.41) is 3.37. The third-order valence-electron chi connectivity index (χ3n) is 3.19. The first kappa shape index (κ1) is 13.9. The summed E-state index contributed by atoms with van der Waals surface area (Å²) in [5.74, 6) is 0. The predicted octanol–water partition coefficient (Wildman–Crippen LogP) is 1.88. The van der Waals surface area contributed by atoms with Gasteiger partial charge in [-0.25, -0.2) is 0 Å². The van der Waals surface area contributed by atoms with Crippen molar-refractivity contribution in [3.63, 3.8) is 0 Å². The molecule has 96 valence electrons. The van der Waals surface area contributed by atoms with Gasteiger partial charge in [-0.1, -0.05) is 13.3 Å².